The summed E-state index contributed by atoms with van der Waals surface area (Å²) in [5, 5.41) is 0. The number of carbonyl (C=O) groups excluding carboxylic acids is 1. The van der Waals surface area contributed by atoms with Crippen LogP contribution in [0.2, 0.25) is 0 Å². The topological polar surface area (TPSA) is 35.5 Å². The van der Waals surface area contributed by atoms with Crippen molar-refractivity contribution in [3.05, 3.63) is 60.7 Å². The Bertz CT molecular complexity index is 412. The van der Waals surface area contributed by atoms with Crippen LogP contribution in [0.4, 0.5) is 0 Å². The highest BCUT2D eigenvalue weighted by atomic mass is 16.7. The van der Waals surface area contributed by atoms with Crippen LogP contribution in [0.5, 0.6) is 11.5 Å². The fourth-order valence-electron chi connectivity index (χ4n) is 1.32. The van der Waals surface area contributed by atoms with Crippen molar-refractivity contribution in [1.29, 1.82) is 0 Å². The molecule has 0 bridgehead atoms. The molecule has 3 heteroatoms. The third-order valence-electron chi connectivity index (χ3n) is 2.07. The maximum atomic E-state index is 10.7. The lowest BCUT2D eigenvalue weighted by Gasteiger charge is -2.14. The van der Waals surface area contributed by atoms with Crippen LogP contribution in [0.1, 0.15) is 0 Å². The van der Waals surface area contributed by atoms with Gasteiger partial charge in [-0.1, -0.05) is 36.4 Å². The second-order valence-corrected chi connectivity index (χ2v) is 3.31. The predicted molar refractivity (Wildman–Crippen MR) is 63.6 cm³/mol. The van der Waals surface area contributed by atoms with Gasteiger partial charge in [-0.25, -0.2) is 0 Å². The summed E-state index contributed by atoms with van der Waals surface area (Å²) in [6, 6.07) is 18.0. The quantitative estimate of drug-likeness (QED) is 0.736. The molecular formula is C14H11O3. The van der Waals surface area contributed by atoms with Crippen molar-refractivity contribution < 1.29 is 14.3 Å². The molecule has 2 aromatic carbocycles. The molecule has 0 aliphatic carbocycles. The molecule has 0 unspecified atom stereocenters. The summed E-state index contributed by atoms with van der Waals surface area (Å²) in [6.45, 7) is 0. The van der Waals surface area contributed by atoms with Gasteiger partial charge in [-0.2, -0.15) is 0 Å². The van der Waals surface area contributed by atoms with Gasteiger partial charge in [0.05, 0.1) is 0 Å². The minimum Gasteiger partial charge on any atom is -0.447 e. The molecule has 0 aromatic heterocycles. The van der Waals surface area contributed by atoms with Gasteiger partial charge in [-0.15, -0.1) is 0 Å². The third kappa shape index (κ3) is 3.34. The zero-order chi connectivity index (χ0) is 11.9. The molecule has 0 saturated carbocycles. The van der Waals surface area contributed by atoms with E-state index in [2.05, 4.69) is 0 Å². The van der Waals surface area contributed by atoms with E-state index < -0.39 is 6.29 Å². The fourth-order valence-corrected chi connectivity index (χ4v) is 1.32. The average molecular weight is 227 g/mol. The molecule has 0 N–H and O–H groups in total. The van der Waals surface area contributed by atoms with Crippen LogP contribution >= 0.6 is 0 Å². The van der Waals surface area contributed by atoms with E-state index in [1.165, 1.54) is 0 Å². The minimum absolute atomic E-state index is 0.566. The van der Waals surface area contributed by atoms with Crippen LogP contribution in [0.15, 0.2) is 60.7 Å². The summed E-state index contributed by atoms with van der Waals surface area (Å²) in [6.07, 6.45) is 0.649. The predicted octanol–water partition coefficient (Wildman–Crippen LogP) is 2.58. The Morgan fingerprint density at radius 3 is 1.53 bits per heavy atom. The molecule has 0 fully saturated rings. The fraction of sp³-hybridized carbons (Fsp3) is 0.0714. The lowest BCUT2D eigenvalue weighted by atomic mass is 10.3. The van der Waals surface area contributed by atoms with Crippen LogP contribution in [0.3, 0.4) is 0 Å². The van der Waals surface area contributed by atoms with Crippen molar-refractivity contribution in [2.45, 2.75) is 6.29 Å². The highest BCUT2D eigenvalue weighted by molar-refractivity contribution is 5.56. The second kappa shape index (κ2) is 5.70. The maximum absolute atomic E-state index is 10.7. The van der Waals surface area contributed by atoms with Crippen molar-refractivity contribution in [3.63, 3.8) is 0 Å². The number of rotatable bonds is 5. The highest BCUT2D eigenvalue weighted by Crippen LogP contribution is 2.14. The lowest BCUT2D eigenvalue weighted by molar-refractivity contribution is 0.0617. The van der Waals surface area contributed by atoms with Crippen LogP contribution in [0.25, 0.3) is 0 Å². The molecule has 17 heavy (non-hydrogen) atoms. The first-order chi connectivity index (χ1) is 8.38. The summed E-state index contributed by atoms with van der Waals surface area (Å²) in [4.78, 5) is 10.7. The minimum atomic E-state index is -1.06. The van der Waals surface area contributed by atoms with Crippen LogP contribution in [-0.2, 0) is 4.79 Å². The van der Waals surface area contributed by atoms with Crippen molar-refractivity contribution >= 4 is 6.29 Å². The van der Waals surface area contributed by atoms with E-state index in [0.29, 0.717) is 11.5 Å². The lowest BCUT2D eigenvalue weighted by Crippen LogP contribution is -2.25. The molecule has 0 aliphatic rings. The molecule has 85 valence electrons. The summed E-state index contributed by atoms with van der Waals surface area (Å²) in [5.41, 5.74) is 0. The summed E-state index contributed by atoms with van der Waals surface area (Å²) in [5.74, 6) is 1.13. The number of benzene rings is 2. The van der Waals surface area contributed by atoms with Gasteiger partial charge in [0.2, 0.25) is 0 Å². The number of para-hydroxylation sites is 2. The molecule has 0 atom stereocenters. The van der Waals surface area contributed by atoms with Gasteiger partial charge in [0, 0.05) is 0 Å². The Kier molecular flexibility index (Phi) is 3.76. The molecule has 0 heterocycles. The van der Waals surface area contributed by atoms with Crippen molar-refractivity contribution in [2.75, 3.05) is 0 Å². The molecule has 2 rings (SSSR count). The first kappa shape index (κ1) is 11.2. The van der Waals surface area contributed by atoms with Crippen LogP contribution in [0, 0.1) is 0 Å². The molecule has 1 radical (unpaired) electrons. The zero-order valence-electron chi connectivity index (χ0n) is 9.08. The van der Waals surface area contributed by atoms with E-state index >= 15 is 0 Å². The van der Waals surface area contributed by atoms with Crippen LogP contribution < -0.4 is 9.47 Å². The molecular weight excluding hydrogens is 216 g/mol. The zero-order valence-corrected chi connectivity index (χ0v) is 9.08. The Morgan fingerprint density at radius 1 is 0.765 bits per heavy atom. The van der Waals surface area contributed by atoms with Gasteiger partial charge in [0.25, 0.3) is 6.29 Å². The van der Waals surface area contributed by atoms with Gasteiger partial charge in [0.1, 0.15) is 11.5 Å². The monoisotopic (exact) mass is 227 g/mol. The first-order valence-electron chi connectivity index (χ1n) is 5.19. The SMILES string of the molecule is O=[C]C(Oc1ccccc1)Oc1ccccc1. The van der Waals surface area contributed by atoms with Gasteiger partial charge in [-0.05, 0) is 24.3 Å². The molecule has 0 aliphatic heterocycles. The van der Waals surface area contributed by atoms with Crippen molar-refractivity contribution in [3.8, 4) is 11.5 Å². The largest absolute Gasteiger partial charge is 0.447 e. The van der Waals surface area contributed by atoms with Gasteiger partial charge < -0.3 is 9.47 Å². The third-order valence-corrected chi connectivity index (χ3v) is 2.07. The maximum Gasteiger partial charge on any atom is 0.308 e. The molecule has 0 amide bonds. The molecule has 0 spiro atoms. The van der Waals surface area contributed by atoms with E-state index in [1.54, 1.807) is 30.6 Å². The number of ether oxygens (including phenoxy) is 2. The van der Waals surface area contributed by atoms with Crippen LogP contribution in [-0.4, -0.2) is 12.6 Å². The van der Waals surface area contributed by atoms with Crippen molar-refractivity contribution in [1.82, 2.24) is 0 Å². The van der Waals surface area contributed by atoms with E-state index in [-0.39, 0.29) is 0 Å². The van der Waals surface area contributed by atoms with E-state index in [4.69, 9.17) is 9.47 Å². The van der Waals surface area contributed by atoms with Gasteiger partial charge >= 0.3 is 6.29 Å². The Morgan fingerprint density at radius 2 is 1.18 bits per heavy atom. The molecule has 3 nitrogen and oxygen atoms in total. The second-order valence-electron chi connectivity index (χ2n) is 3.31. The van der Waals surface area contributed by atoms with E-state index in [1.807, 2.05) is 36.4 Å². The summed E-state index contributed by atoms with van der Waals surface area (Å²) >= 11 is 0. The Hall–Kier alpha value is -2.29. The highest BCUT2D eigenvalue weighted by Gasteiger charge is 2.11. The smallest absolute Gasteiger partial charge is 0.308 e. The standard InChI is InChI=1S/C14H11O3/c15-11-14(16-12-7-3-1-4-8-12)17-13-9-5-2-6-10-13/h1-10,14H. The normalized spacial score (nSPS) is 9.94. The number of hydrogen-bond donors (Lipinski definition) is 0. The van der Waals surface area contributed by atoms with Crippen molar-refractivity contribution in [2.24, 2.45) is 0 Å². The Balaban J connectivity index is 2.01. The summed E-state index contributed by atoms with van der Waals surface area (Å²) in [7, 11) is 0. The first-order valence-corrected chi connectivity index (χ1v) is 5.19. The summed E-state index contributed by atoms with van der Waals surface area (Å²) < 4.78 is 10.6. The van der Waals surface area contributed by atoms with E-state index in [0.717, 1.165) is 0 Å². The molecule has 0 saturated heterocycles. The number of hydrogen-bond acceptors (Lipinski definition) is 3. The average Bonchev–Trinajstić information content (AvgIpc) is 2.40. The Labute approximate surface area is 99.6 Å². The van der Waals surface area contributed by atoms with Gasteiger partial charge in [0.15, 0.2) is 0 Å². The molecule has 2 aromatic rings. The van der Waals surface area contributed by atoms with Gasteiger partial charge in [-0.3, -0.25) is 4.79 Å². The van der Waals surface area contributed by atoms with E-state index in [9.17, 15) is 4.79 Å².